The quantitative estimate of drug-likeness (QED) is 0.824. The van der Waals surface area contributed by atoms with E-state index in [0.717, 1.165) is 34.2 Å². The van der Waals surface area contributed by atoms with E-state index in [1.165, 1.54) is 12.1 Å². The van der Waals surface area contributed by atoms with E-state index in [1.807, 2.05) is 0 Å². The van der Waals surface area contributed by atoms with Gasteiger partial charge < -0.3 is 5.32 Å². The molecule has 4 rings (SSSR count). The summed E-state index contributed by atoms with van der Waals surface area (Å²) >= 11 is 0. The summed E-state index contributed by atoms with van der Waals surface area (Å²) in [4.78, 5) is 23.9. The highest BCUT2D eigenvalue weighted by Crippen LogP contribution is 2.40. The fourth-order valence-electron chi connectivity index (χ4n) is 3.54. The zero-order chi connectivity index (χ0) is 16.1. The molecule has 1 unspecified atom stereocenters. The minimum atomic E-state index is -0.412. The Bertz CT molecular complexity index is 843. The van der Waals surface area contributed by atoms with Crippen LogP contribution in [0.3, 0.4) is 0 Å². The molecule has 0 bridgehead atoms. The van der Waals surface area contributed by atoms with Crippen LogP contribution in [0.1, 0.15) is 23.6 Å². The standard InChI is InChI=1S/C18H16FN2O2/c1-10-6-14-15-8-18(22)21(23)17(15)7-13(16(14)9-20-10)11-2-4-12(19)5-3-11/h2-5,7,10,20H,6,8-9H2,1H3/q+1. The first-order chi connectivity index (χ1) is 11.0. The third kappa shape index (κ3) is 2.19. The lowest BCUT2D eigenvalue weighted by Crippen LogP contribution is -2.33. The topological polar surface area (TPSA) is 49.2 Å². The highest BCUT2D eigenvalue weighted by molar-refractivity contribution is 5.84. The number of halogens is 1. The van der Waals surface area contributed by atoms with Gasteiger partial charge in [-0.05, 0) is 47.7 Å². The summed E-state index contributed by atoms with van der Waals surface area (Å²) in [6, 6.07) is 8.31. The normalized spacial score (nSPS) is 19.7. The van der Waals surface area contributed by atoms with E-state index in [1.54, 1.807) is 18.2 Å². The molecule has 0 aromatic heterocycles. The van der Waals surface area contributed by atoms with Crippen molar-refractivity contribution < 1.29 is 13.9 Å². The number of amides is 1. The van der Waals surface area contributed by atoms with E-state index in [-0.39, 0.29) is 12.2 Å². The lowest BCUT2D eigenvalue weighted by Gasteiger charge is -2.26. The second-order valence-electron chi connectivity index (χ2n) is 6.24. The fourth-order valence-corrected chi connectivity index (χ4v) is 3.54. The van der Waals surface area contributed by atoms with E-state index < -0.39 is 5.91 Å². The summed E-state index contributed by atoms with van der Waals surface area (Å²) in [6.07, 6.45) is 0.964. The molecular weight excluding hydrogens is 295 g/mol. The first kappa shape index (κ1) is 14.2. The number of nitroso groups, excluding NO2 is 1. The van der Waals surface area contributed by atoms with E-state index in [4.69, 9.17) is 0 Å². The molecule has 116 valence electrons. The van der Waals surface area contributed by atoms with Gasteiger partial charge in [0.2, 0.25) is 0 Å². The van der Waals surface area contributed by atoms with E-state index in [9.17, 15) is 14.1 Å². The molecule has 0 saturated heterocycles. The Morgan fingerprint density at radius 1 is 1.17 bits per heavy atom. The van der Waals surface area contributed by atoms with Gasteiger partial charge in [-0.25, -0.2) is 9.18 Å². The maximum Gasteiger partial charge on any atom is 0.444 e. The van der Waals surface area contributed by atoms with E-state index in [0.29, 0.717) is 23.0 Å². The van der Waals surface area contributed by atoms with Gasteiger partial charge in [-0.1, -0.05) is 12.1 Å². The highest BCUT2D eigenvalue weighted by Gasteiger charge is 2.42. The molecule has 0 aliphatic carbocycles. The van der Waals surface area contributed by atoms with Crippen LogP contribution in [0.4, 0.5) is 10.1 Å². The Morgan fingerprint density at radius 2 is 1.91 bits per heavy atom. The third-order valence-corrected chi connectivity index (χ3v) is 4.71. The minimum absolute atomic E-state index is 0.178. The minimum Gasteiger partial charge on any atom is -0.310 e. The molecule has 1 atom stereocenters. The average molecular weight is 311 g/mol. The first-order valence-electron chi connectivity index (χ1n) is 7.71. The highest BCUT2D eigenvalue weighted by atomic mass is 19.1. The smallest absolute Gasteiger partial charge is 0.310 e. The van der Waals surface area contributed by atoms with Crippen molar-refractivity contribution in [1.82, 2.24) is 5.32 Å². The summed E-state index contributed by atoms with van der Waals surface area (Å²) in [5, 5.41) is 3.42. The predicted octanol–water partition coefficient (Wildman–Crippen LogP) is 3.02. The van der Waals surface area contributed by atoms with Crippen LogP contribution < -0.4 is 5.32 Å². The van der Waals surface area contributed by atoms with Crippen molar-refractivity contribution in [2.75, 3.05) is 0 Å². The molecule has 1 N–H and O–H groups in total. The SMILES string of the molecule is CC1Cc2c(c(-c3ccc(F)cc3)cc3c2CC(=O)[N+]3=O)CN1. The van der Waals surface area contributed by atoms with Gasteiger partial charge in [-0.15, -0.1) is 0 Å². The Morgan fingerprint density at radius 3 is 2.65 bits per heavy atom. The van der Waals surface area contributed by atoms with E-state index in [2.05, 4.69) is 12.2 Å². The molecule has 4 nitrogen and oxygen atoms in total. The second kappa shape index (κ2) is 5.06. The van der Waals surface area contributed by atoms with Gasteiger partial charge in [0.1, 0.15) is 17.0 Å². The number of benzene rings is 2. The van der Waals surface area contributed by atoms with Gasteiger partial charge in [0.15, 0.2) is 0 Å². The lowest BCUT2D eigenvalue weighted by atomic mass is 9.85. The van der Waals surface area contributed by atoms with Gasteiger partial charge in [-0.3, -0.25) is 0 Å². The van der Waals surface area contributed by atoms with Crippen molar-refractivity contribution in [3.8, 4) is 11.1 Å². The molecule has 0 spiro atoms. The zero-order valence-corrected chi connectivity index (χ0v) is 12.7. The Kier molecular flexibility index (Phi) is 3.13. The summed E-state index contributed by atoms with van der Waals surface area (Å²) in [5.74, 6) is -0.708. The largest absolute Gasteiger partial charge is 0.444 e. The number of hydrogen-bond acceptors (Lipinski definition) is 3. The van der Waals surface area contributed by atoms with Crippen molar-refractivity contribution in [2.24, 2.45) is 0 Å². The van der Waals surface area contributed by atoms with Crippen LogP contribution in [-0.2, 0) is 24.2 Å². The molecule has 2 aromatic carbocycles. The molecule has 2 aromatic rings. The monoisotopic (exact) mass is 311 g/mol. The molecule has 1 amide bonds. The molecule has 0 saturated carbocycles. The summed E-state index contributed by atoms with van der Waals surface area (Å²) in [5.41, 5.74) is 5.26. The first-order valence-corrected chi connectivity index (χ1v) is 7.71. The van der Waals surface area contributed by atoms with Crippen LogP contribution in [-0.4, -0.2) is 16.7 Å². The number of rotatable bonds is 1. The van der Waals surface area contributed by atoms with Crippen molar-refractivity contribution in [2.45, 2.75) is 32.4 Å². The van der Waals surface area contributed by atoms with Gasteiger partial charge in [-0.2, -0.15) is 0 Å². The van der Waals surface area contributed by atoms with Gasteiger partial charge in [0.05, 0.1) is 0 Å². The Labute approximate surface area is 132 Å². The number of hydrogen-bond donors (Lipinski definition) is 1. The predicted molar refractivity (Wildman–Crippen MR) is 83.8 cm³/mol. The van der Waals surface area contributed by atoms with Crippen LogP contribution in [0.25, 0.3) is 11.1 Å². The Hall–Kier alpha value is -2.40. The van der Waals surface area contributed by atoms with E-state index >= 15 is 0 Å². The second-order valence-corrected chi connectivity index (χ2v) is 6.24. The number of fused-ring (bicyclic) bond motifs is 3. The number of carbonyl (C=O) groups is 1. The summed E-state index contributed by atoms with van der Waals surface area (Å²) < 4.78 is 13.7. The van der Waals surface area contributed by atoms with Crippen LogP contribution in [0.5, 0.6) is 0 Å². The van der Waals surface area contributed by atoms with Crippen molar-refractivity contribution in [3.63, 3.8) is 0 Å². The number of carbonyl (C=O) groups excluding carboxylic acids is 1. The maximum absolute atomic E-state index is 13.2. The van der Waals surface area contributed by atoms with Crippen LogP contribution in [0.15, 0.2) is 30.3 Å². The molecule has 5 heteroatoms. The average Bonchev–Trinajstić information content (AvgIpc) is 2.83. The summed E-state index contributed by atoms with van der Waals surface area (Å²) in [6.45, 7) is 2.77. The van der Waals surface area contributed by atoms with Crippen LogP contribution >= 0.6 is 0 Å². The van der Waals surface area contributed by atoms with Gasteiger partial charge >= 0.3 is 5.91 Å². The molecule has 0 radical (unpaired) electrons. The van der Waals surface area contributed by atoms with Gasteiger partial charge in [0, 0.05) is 29.1 Å². The van der Waals surface area contributed by atoms with Gasteiger partial charge in [0.25, 0.3) is 5.69 Å². The molecular formula is C18H16FN2O2+. The fraction of sp³-hybridized carbons (Fsp3) is 0.278. The van der Waals surface area contributed by atoms with Crippen molar-refractivity contribution in [1.29, 1.82) is 0 Å². The molecule has 2 aliphatic heterocycles. The molecule has 2 aliphatic rings. The lowest BCUT2D eigenvalue weighted by molar-refractivity contribution is -0.379. The van der Waals surface area contributed by atoms with Crippen molar-refractivity contribution in [3.05, 3.63) is 57.7 Å². The van der Waals surface area contributed by atoms with Crippen LogP contribution in [0.2, 0.25) is 0 Å². The number of nitrogens with zero attached hydrogens (tertiary/aromatic N) is 1. The number of nitrogens with one attached hydrogen (secondary N) is 1. The zero-order valence-electron chi connectivity index (χ0n) is 12.7. The maximum atomic E-state index is 13.2. The van der Waals surface area contributed by atoms with Crippen molar-refractivity contribution >= 4 is 11.6 Å². The molecule has 2 heterocycles. The molecule has 23 heavy (non-hydrogen) atoms. The third-order valence-electron chi connectivity index (χ3n) is 4.71. The summed E-state index contributed by atoms with van der Waals surface area (Å²) in [7, 11) is 0. The Balaban J connectivity index is 1.97. The van der Waals surface area contributed by atoms with Crippen LogP contribution in [0, 0.1) is 10.7 Å². The molecule has 0 fully saturated rings.